The van der Waals surface area contributed by atoms with Gasteiger partial charge < -0.3 is 13.6 Å². The molecular weight excluding hydrogens is 231 g/mol. The molecular formula is C10H17O3PS. The van der Waals surface area contributed by atoms with Crippen LogP contribution in [0.25, 0.3) is 0 Å². The largest absolute Gasteiger partial charge is 0.327 e. The number of fused-ring (bicyclic) bond motifs is 3. The Bertz CT molecular complexity index is 270. The third-order valence-electron chi connectivity index (χ3n) is 4.00. The van der Waals surface area contributed by atoms with Crippen molar-refractivity contribution in [2.24, 2.45) is 11.3 Å². The van der Waals surface area contributed by atoms with Crippen molar-refractivity contribution in [1.29, 1.82) is 0 Å². The predicted octanol–water partition coefficient (Wildman–Crippen LogP) is 2.85. The first-order valence-electron chi connectivity index (χ1n) is 5.76. The molecule has 0 atom stereocenters. The van der Waals surface area contributed by atoms with Crippen molar-refractivity contribution in [2.45, 2.75) is 32.1 Å². The van der Waals surface area contributed by atoms with Crippen LogP contribution in [0.2, 0.25) is 0 Å². The van der Waals surface area contributed by atoms with Gasteiger partial charge in [-0.3, -0.25) is 0 Å². The summed E-state index contributed by atoms with van der Waals surface area (Å²) in [6, 6.07) is 0. The first-order chi connectivity index (χ1) is 7.23. The van der Waals surface area contributed by atoms with Crippen LogP contribution in [0.15, 0.2) is 0 Å². The van der Waals surface area contributed by atoms with Crippen molar-refractivity contribution in [3.8, 4) is 0 Å². The molecule has 86 valence electrons. The Morgan fingerprint density at radius 2 is 1.47 bits per heavy atom. The van der Waals surface area contributed by atoms with Gasteiger partial charge in [0, 0.05) is 5.41 Å². The molecule has 2 bridgehead atoms. The summed E-state index contributed by atoms with van der Waals surface area (Å²) in [6.07, 6.45) is 6.69. The Hall–Kier alpha value is 0.530. The molecule has 0 N–H and O–H groups in total. The highest BCUT2D eigenvalue weighted by Gasteiger charge is 2.51. The molecule has 0 aromatic heterocycles. The molecule has 15 heavy (non-hydrogen) atoms. The summed E-state index contributed by atoms with van der Waals surface area (Å²) in [6.45, 7) is 0.0296. The first-order valence-corrected chi connectivity index (χ1v) is 8.32. The third kappa shape index (κ3) is 1.81. The number of rotatable bonds is 1. The van der Waals surface area contributed by atoms with Gasteiger partial charge in [0.15, 0.2) is 0 Å². The highest BCUT2D eigenvalue weighted by molar-refractivity contribution is 8.07. The SMILES string of the molecule is S=P12OCC(C3CCCCC3)(CO1)CO2. The summed E-state index contributed by atoms with van der Waals surface area (Å²) < 4.78 is 16.8. The monoisotopic (exact) mass is 248 g/mol. The van der Waals surface area contributed by atoms with Gasteiger partial charge in [-0.2, -0.15) is 0 Å². The van der Waals surface area contributed by atoms with Gasteiger partial charge in [0.05, 0.1) is 19.8 Å². The Labute approximate surface area is 95.7 Å². The van der Waals surface area contributed by atoms with Crippen molar-refractivity contribution in [3.05, 3.63) is 0 Å². The Balaban J connectivity index is 1.77. The standard InChI is InChI=1S/C10H17O3PS/c15-14-11-6-10(7-12-14,8-13-14)9-4-2-1-3-5-9/h9H,1-8H2. The lowest BCUT2D eigenvalue weighted by Gasteiger charge is -2.51. The summed E-state index contributed by atoms with van der Waals surface area (Å²) >= 11 is 5.19. The van der Waals surface area contributed by atoms with Gasteiger partial charge in [-0.1, -0.05) is 19.3 Å². The van der Waals surface area contributed by atoms with Crippen LogP contribution in [0.1, 0.15) is 32.1 Å². The summed E-state index contributed by atoms with van der Waals surface area (Å²) in [4.78, 5) is 0. The maximum atomic E-state index is 5.60. The van der Waals surface area contributed by atoms with Gasteiger partial charge in [-0.25, -0.2) is 0 Å². The Morgan fingerprint density at radius 1 is 0.933 bits per heavy atom. The molecule has 5 heteroatoms. The van der Waals surface area contributed by atoms with E-state index < -0.39 is 6.72 Å². The molecule has 0 radical (unpaired) electrons. The molecule has 0 amide bonds. The highest BCUT2D eigenvalue weighted by Crippen LogP contribution is 2.63. The molecule has 0 aromatic rings. The second-order valence-electron chi connectivity index (χ2n) is 4.96. The van der Waals surface area contributed by atoms with Crippen LogP contribution in [0, 0.1) is 11.3 Å². The molecule has 1 aliphatic carbocycles. The van der Waals surface area contributed by atoms with Crippen LogP contribution < -0.4 is 0 Å². The van der Waals surface area contributed by atoms with Crippen molar-refractivity contribution < 1.29 is 13.6 Å². The van der Waals surface area contributed by atoms with Gasteiger partial charge in [-0.05, 0) is 30.6 Å². The van der Waals surface area contributed by atoms with Crippen LogP contribution in [-0.4, -0.2) is 19.8 Å². The molecule has 4 aliphatic rings. The van der Waals surface area contributed by atoms with E-state index in [1.165, 1.54) is 32.1 Å². The molecule has 3 nitrogen and oxygen atoms in total. The molecule has 0 spiro atoms. The molecule has 0 unspecified atom stereocenters. The van der Waals surface area contributed by atoms with Crippen LogP contribution >= 0.6 is 6.72 Å². The van der Waals surface area contributed by atoms with E-state index in [0.717, 1.165) is 25.7 Å². The van der Waals surface area contributed by atoms with E-state index >= 15 is 0 Å². The maximum Gasteiger partial charge on any atom is 0.327 e. The minimum atomic E-state index is -2.29. The summed E-state index contributed by atoms with van der Waals surface area (Å²) in [5, 5.41) is 0. The van der Waals surface area contributed by atoms with E-state index in [9.17, 15) is 0 Å². The normalized spacial score (nSPS) is 46.9. The van der Waals surface area contributed by atoms with Crippen molar-refractivity contribution in [3.63, 3.8) is 0 Å². The second kappa shape index (κ2) is 3.78. The Morgan fingerprint density at radius 3 is 2.00 bits per heavy atom. The molecule has 3 heterocycles. The lowest BCUT2D eigenvalue weighted by molar-refractivity contribution is -0.113. The highest BCUT2D eigenvalue weighted by atomic mass is 32.5. The maximum absolute atomic E-state index is 5.60. The van der Waals surface area contributed by atoms with Gasteiger partial charge in [-0.15, -0.1) is 0 Å². The molecule has 3 aliphatic heterocycles. The van der Waals surface area contributed by atoms with Crippen molar-refractivity contribution in [1.82, 2.24) is 0 Å². The molecule has 4 fully saturated rings. The van der Waals surface area contributed by atoms with Gasteiger partial charge >= 0.3 is 6.72 Å². The topological polar surface area (TPSA) is 27.7 Å². The van der Waals surface area contributed by atoms with Crippen molar-refractivity contribution >= 4 is 18.5 Å². The van der Waals surface area contributed by atoms with E-state index in [-0.39, 0.29) is 5.41 Å². The van der Waals surface area contributed by atoms with Crippen molar-refractivity contribution in [2.75, 3.05) is 19.8 Å². The lowest BCUT2D eigenvalue weighted by atomic mass is 9.70. The zero-order valence-corrected chi connectivity index (χ0v) is 10.5. The predicted molar refractivity (Wildman–Crippen MR) is 61.1 cm³/mol. The van der Waals surface area contributed by atoms with E-state index in [1.807, 2.05) is 0 Å². The molecule has 3 saturated heterocycles. The van der Waals surface area contributed by atoms with Gasteiger partial charge in [0.25, 0.3) is 0 Å². The third-order valence-corrected chi connectivity index (χ3v) is 6.29. The summed E-state index contributed by atoms with van der Waals surface area (Å²) in [7, 11) is 0. The summed E-state index contributed by atoms with van der Waals surface area (Å²) in [5.74, 6) is 0.718. The van der Waals surface area contributed by atoms with Crippen LogP contribution in [0.5, 0.6) is 0 Å². The lowest BCUT2D eigenvalue weighted by Crippen LogP contribution is -2.50. The fraction of sp³-hybridized carbons (Fsp3) is 1.00. The average molecular weight is 248 g/mol. The zero-order valence-electron chi connectivity index (χ0n) is 8.81. The fourth-order valence-corrected chi connectivity index (χ4v) is 4.87. The second-order valence-corrected chi connectivity index (χ2v) is 7.98. The van der Waals surface area contributed by atoms with E-state index in [1.54, 1.807) is 0 Å². The van der Waals surface area contributed by atoms with Crippen LogP contribution in [0.3, 0.4) is 0 Å². The number of hydrogen-bond acceptors (Lipinski definition) is 4. The zero-order chi connectivity index (χ0) is 10.4. The molecule has 1 saturated carbocycles. The first kappa shape index (κ1) is 10.7. The minimum absolute atomic E-state index is 0.126. The minimum Gasteiger partial charge on any atom is -0.308 e. The van der Waals surface area contributed by atoms with Crippen LogP contribution in [-0.2, 0) is 25.4 Å². The van der Waals surface area contributed by atoms with E-state index in [0.29, 0.717) is 0 Å². The number of hydrogen-bond donors (Lipinski definition) is 0. The van der Waals surface area contributed by atoms with Crippen LogP contribution in [0.4, 0.5) is 0 Å². The molecule has 0 aromatic carbocycles. The Kier molecular flexibility index (Phi) is 2.69. The van der Waals surface area contributed by atoms with E-state index in [4.69, 9.17) is 25.4 Å². The quantitative estimate of drug-likeness (QED) is 0.667. The molecule has 4 rings (SSSR count). The van der Waals surface area contributed by atoms with E-state index in [2.05, 4.69) is 0 Å². The smallest absolute Gasteiger partial charge is 0.308 e. The average Bonchev–Trinajstić information content (AvgIpc) is 2.32. The summed E-state index contributed by atoms with van der Waals surface area (Å²) in [5.41, 5.74) is 0.126. The van der Waals surface area contributed by atoms with Gasteiger partial charge in [0.2, 0.25) is 0 Å². The fourth-order valence-electron chi connectivity index (χ4n) is 2.93. The van der Waals surface area contributed by atoms with Gasteiger partial charge in [0.1, 0.15) is 0 Å².